The lowest BCUT2D eigenvalue weighted by Gasteiger charge is -2.19. The van der Waals surface area contributed by atoms with E-state index in [1.165, 1.54) is 5.56 Å². The zero-order valence-corrected chi connectivity index (χ0v) is 13.1. The number of aromatic nitrogens is 1. The van der Waals surface area contributed by atoms with Gasteiger partial charge in [-0.25, -0.2) is 4.98 Å². The van der Waals surface area contributed by atoms with Crippen LogP contribution in [0.5, 0.6) is 0 Å². The summed E-state index contributed by atoms with van der Waals surface area (Å²) in [6, 6.07) is 23.8. The maximum Gasteiger partial charge on any atom is 0.128 e. The number of nitrogens with zero attached hydrogens (tertiary/aromatic N) is 2. The average Bonchev–Trinajstić information content (AvgIpc) is 2.63. The first-order chi connectivity index (χ1) is 11.2. The van der Waals surface area contributed by atoms with Gasteiger partial charge in [-0.2, -0.15) is 0 Å². The molecular formula is C20H20N2O. The van der Waals surface area contributed by atoms with Crippen molar-refractivity contribution in [3.8, 4) is 0 Å². The molecule has 0 aliphatic heterocycles. The highest BCUT2D eigenvalue weighted by Crippen LogP contribution is 2.22. The van der Waals surface area contributed by atoms with Gasteiger partial charge in [-0.1, -0.05) is 66.7 Å². The van der Waals surface area contributed by atoms with Crippen LogP contribution >= 0.6 is 0 Å². The van der Waals surface area contributed by atoms with Crippen molar-refractivity contribution in [1.82, 2.24) is 4.98 Å². The molecule has 0 amide bonds. The molecular weight excluding hydrogens is 284 g/mol. The van der Waals surface area contributed by atoms with Gasteiger partial charge in [0.05, 0.1) is 0 Å². The minimum absolute atomic E-state index is 0.642. The number of anilines is 1. The van der Waals surface area contributed by atoms with Crippen LogP contribution in [0.3, 0.4) is 0 Å². The molecule has 0 saturated carbocycles. The van der Waals surface area contributed by atoms with Crippen LogP contribution in [0.4, 0.5) is 5.82 Å². The van der Waals surface area contributed by atoms with Crippen LogP contribution in [0.2, 0.25) is 0 Å². The third kappa shape index (κ3) is 3.76. The van der Waals surface area contributed by atoms with Gasteiger partial charge < -0.3 is 10.0 Å². The van der Waals surface area contributed by atoms with Gasteiger partial charge in [0.25, 0.3) is 0 Å². The molecule has 0 aliphatic carbocycles. The lowest BCUT2D eigenvalue weighted by molar-refractivity contribution is 0.220. The largest absolute Gasteiger partial charge is 0.384 e. The Hall–Kier alpha value is -2.65. The van der Waals surface area contributed by atoms with E-state index >= 15 is 0 Å². The summed E-state index contributed by atoms with van der Waals surface area (Å²) in [4.78, 5) is 6.58. The molecule has 0 unspecified atom stereocenters. The predicted octanol–water partition coefficient (Wildman–Crippen LogP) is 3.80. The van der Waals surface area contributed by atoms with Crippen molar-refractivity contribution in [2.45, 2.75) is 12.6 Å². The van der Waals surface area contributed by atoms with E-state index < -0.39 is 6.10 Å². The van der Waals surface area contributed by atoms with Gasteiger partial charge in [-0.15, -0.1) is 0 Å². The molecule has 3 aromatic rings. The normalized spacial score (nSPS) is 11.9. The molecule has 3 heteroatoms. The Morgan fingerprint density at radius 3 is 2.13 bits per heavy atom. The molecule has 0 bridgehead atoms. The van der Waals surface area contributed by atoms with E-state index in [1.807, 2.05) is 67.7 Å². The van der Waals surface area contributed by atoms with Gasteiger partial charge in [-0.3, -0.25) is 0 Å². The van der Waals surface area contributed by atoms with E-state index in [2.05, 4.69) is 22.0 Å². The van der Waals surface area contributed by atoms with Crippen LogP contribution in [0.15, 0.2) is 79.0 Å². The first-order valence-electron chi connectivity index (χ1n) is 7.68. The van der Waals surface area contributed by atoms with E-state index in [0.29, 0.717) is 0 Å². The maximum absolute atomic E-state index is 10.4. The fraction of sp³-hybridized carbons (Fsp3) is 0.150. The molecule has 1 heterocycles. The highest BCUT2D eigenvalue weighted by molar-refractivity contribution is 5.41. The average molecular weight is 304 g/mol. The quantitative estimate of drug-likeness (QED) is 0.779. The molecule has 0 radical (unpaired) electrons. The third-order valence-corrected chi connectivity index (χ3v) is 3.86. The van der Waals surface area contributed by atoms with Gasteiger partial charge in [0.1, 0.15) is 11.9 Å². The van der Waals surface area contributed by atoms with Crippen LogP contribution in [0.25, 0.3) is 0 Å². The Morgan fingerprint density at radius 2 is 1.52 bits per heavy atom. The molecule has 3 nitrogen and oxygen atoms in total. The van der Waals surface area contributed by atoms with Crippen molar-refractivity contribution in [2.75, 3.05) is 11.9 Å². The van der Waals surface area contributed by atoms with E-state index in [4.69, 9.17) is 0 Å². The molecule has 0 aliphatic rings. The Kier molecular flexibility index (Phi) is 4.69. The predicted molar refractivity (Wildman–Crippen MR) is 93.3 cm³/mol. The Morgan fingerprint density at radius 1 is 0.870 bits per heavy atom. The van der Waals surface area contributed by atoms with Crippen molar-refractivity contribution >= 4 is 5.82 Å². The molecule has 0 spiro atoms. The minimum Gasteiger partial charge on any atom is -0.384 e. The fourth-order valence-corrected chi connectivity index (χ4v) is 2.55. The van der Waals surface area contributed by atoms with Crippen molar-refractivity contribution in [3.63, 3.8) is 0 Å². The van der Waals surface area contributed by atoms with Crippen LogP contribution in [-0.4, -0.2) is 17.1 Å². The summed E-state index contributed by atoms with van der Waals surface area (Å²) >= 11 is 0. The van der Waals surface area contributed by atoms with E-state index in [0.717, 1.165) is 23.5 Å². The van der Waals surface area contributed by atoms with Gasteiger partial charge >= 0.3 is 0 Å². The second kappa shape index (κ2) is 7.07. The van der Waals surface area contributed by atoms with Crippen molar-refractivity contribution in [1.29, 1.82) is 0 Å². The zero-order valence-electron chi connectivity index (χ0n) is 13.1. The highest BCUT2D eigenvalue weighted by Gasteiger charge is 2.11. The second-order valence-corrected chi connectivity index (χ2v) is 5.60. The first kappa shape index (κ1) is 15.3. The second-order valence-electron chi connectivity index (χ2n) is 5.60. The Bertz CT molecular complexity index is 727. The lowest BCUT2D eigenvalue weighted by atomic mass is 10.0. The summed E-state index contributed by atoms with van der Waals surface area (Å²) in [5.74, 6) is 0.887. The molecule has 0 fully saturated rings. The SMILES string of the molecule is CN(Cc1ccccc1)c1ccc([C@H](O)c2ccccc2)cn1. The molecule has 2 aromatic carbocycles. The molecule has 3 rings (SSSR count). The molecule has 23 heavy (non-hydrogen) atoms. The Labute approximate surface area is 136 Å². The summed E-state index contributed by atoms with van der Waals surface area (Å²) in [7, 11) is 2.02. The highest BCUT2D eigenvalue weighted by atomic mass is 16.3. The first-order valence-corrected chi connectivity index (χ1v) is 7.68. The topological polar surface area (TPSA) is 36.4 Å². The minimum atomic E-state index is -0.642. The van der Waals surface area contributed by atoms with Crippen LogP contribution in [0.1, 0.15) is 22.8 Å². The lowest BCUT2D eigenvalue weighted by Crippen LogP contribution is -2.17. The molecule has 1 N–H and O–H groups in total. The van der Waals surface area contributed by atoms with Crippen LogP contribution in [0, 0.1) is 0 Å². The van der Waals surface area contributed by atoms with Crippen molar-refractivity contribution in [2.24, 2.45) is 0 Å². The third-order valence-electron chi connectivity index (χ3n) is 3.86. The maximum atomic E-state index is 10.4. The summed E-state index contributed by atoms with van der Waals surface area (Å²) in [5, 5.41) is 10.4. The van der Waals surface area contributed by atoms with E-state index in [1.54, 1.807) is 6.20 Å². The number of hydrogen-bond donors (Lipinski definition) is 1. The van der Waals surface area contributed by atoms with Gasteiger partial charge in [0.2, 0.25) is 0 Å². The van der Waals surface area contributed by atoms with Crippen molar-refractivity contribution < 1.29 is 5.11 Å². The summed E-state index contributed by atoms with van der Waals surface area (Å²) < 4.78 is 0. The monoisotopic (exact) mass is 304 g/mol. The van der Waals surface area contributed by atoms with E-state index in [9.17, 15) is 5.11 Å². The Balaban J connectivity index is 1.72. The van der Waals surface area contributed by atoms with E-state index in [-0.39, 0.29) is 0 Å². The number of aliphatic hydroxyl groups is 1. The van der Waals surface area contributed by atoms with Crippen LogP contribution < -0.4 is 4.90 Å². The number of aliphatic hydroxyl groups excluding tert-OH is 1. The molecule has 1 atom stereocenters. The number of rotatable bonds is 5. The van der Waals surface area contributed by atoms with Crippen molar-refractivity contribution in [3.05, 3.63) is 95.7 Å². The van der Waals surface area contributed by atoms with Gasteiger partial charge in [0.15, 0.2) is 0 Å². The molecule has 0 saturated heterocycles. The summed E-state index contributed by atoms with van der Waals surface area (Å²) in [5.41, 5.74) is 2.91. The van der Waals surface area contributed by atoms with Gasteiger partial charge in [0, 0.05) is 25.4 Å². The van der Waals surface area contributed by atoms with Gasteiger partial charge in [-0.05, 0) is 17.2 Å². The van der Waals surface area contributed by atoms with Crippen LogP contribution in [-0.2, 0) is 6.54 Å². The smallest absolute Gasteiger partial charge is 0.128 e. The summed E-state index contributed by atoms with van der Waals surface area (Å²) in [6.07, 6.45) is 1.10. The zero-order chi connectivity index (χ0) is 16.1. The number of pyridine rings is 1. The summed E-state index contributed by atoms with van der Waals surface area (Å²) in [6.45, 7) is 0.800. The standard InChI is InChI=1S/C20H20N2O/c1-22(15-16-8-4-2-5-9-16)19-13-12-18(14-21-19)20(23)17-10-6-3-7-11-17/h2-14,20,23H,15H2,1H3/t20-/m1/s1. The molecule has 1 aromatic heterocycles. The number of hydrogen-bond acceptors (Lipinski definition) is 3. The number of benzene rings is 2. The fourth-order valence-electron chi connectivity index (χ4n) is 2.55. The molecule has 116 valence electrons.